The molecule has 4 rings (SSSR count). The van der Waals surface area contributed by atoms with Crippen molar-refractivity contribution in [3.8, 4) is 11.3 Å². The summed E-state index contributed by atoms with van der Waals surface area (Å²) < 4.78 is 23.6. The quantitative estimate of drug-likeness (QED) is 0.217. The molecule has 0 aliphatic heterocycles. The average Bonchev–Trinajstić information content (AvgIpc) is 2.94. The molecule has 39 heavy (non-hydrogen) atoms. The van der Waals surface area contributed by atoms with Crippen LogP contribution in [0, 0.1) is 19.7 Å². The number of benzene rings is 2. The molecule has 0 aliphatic carbocycles. The van der Waals surface area contributed by atoms with Crippen LogP contribution in [0.2, 0.25) is 0 Å². The van der Waals surface area contributed by atoms with Crippen LogP contribution in [0.15, 0.2) is 52.1 Å². The number of nitrogens with one attached hydrogen (secondary N) is 3. The molecular formula is C28H35FN6O3S. The number of hydrogen-bond donors (Lipinski definition) is 4. The van der Waals surface area contributed by atoms with Crippen LogP contribution < -0.4 is 25.9 Å². The number of rotatable bonds is 9. The fourth-order valence-corrected chi connectivity index (χ4v) is 4.53. The predicted molar refractivity (Wildman–Crippen MR) is 159 cm³/mol. The normalized spacial score (nSPS) is 10.8. The molecule has 2 aromatic heterocycles. The van der Waals surface area contributed by atoms with E-state index in [0.717, 1.165) is 11.3 Å². The molecule has 11 heteroatoms. The summed E-state index contributed by atoms with van der Waals surface area (Å²) in [5.74, 6) is -0.496. The van der Waals surface area contributed by atoms with Crippen LogP contribution in [0.1, 0.15) is 31.4 Å². The minimum Gasteiger partial charge on any atom is -0.396 e. The second-order valence-corrected chi connectivity index (χ2v) is 9.46. The average molecular weight is 555 g/mol. The largest absolute Gasteiger partial charge is 0.396 e. The van der Waals surface area contributed by atoms with E-state index in [1.807, 2.05) is 38.1 Å². The summed E-state index contributed by atoms with van der Waals surface area (Å²) in [6.45, 7) is 7.44. The molecule has 2 aromatic carbocycles. The van der Waals surface area contributed by atoms with Crippen LogP contribution in [0.25, 0.3) is 22.2 Å². The fraction of sp³-hybridized carbons (Fsp3) is 0.321. The zero-order valence-corrected chi connectivity index (χ0v) is 23.9. The van der Waals surface area contributed by atoms with Gasteiger partial charge in [-0.05, 0) is 57.1 Å². The number of aromatic nitrogens is 3. The first-order valence-electron chi connectivity index (χ1n) is 12.7. The van der Waals surface area contributed by atoms with Gasteiger partial charge in [-0.1, -0.05) is 32.0 Å². The van der Waals surface area contributed by atoms with Gasteiger partial charge in [0, 0.05) is 49.1 Å². The Morgan fingerprint density at radius 1 is 1.08 bits per heavy atom. The third kappa shape index (κ3) is 6.32. The Labute approximate surface area is 231 Å². The second-order valence-electron chi connectivity index (χ2n) is 8.64. The highest BCUT2D eigenvalue weighted by Gasteiger charge is 2.23. The van der Waals surface area contributed by atoms with Gasteiger partial charge in [-0.25, -0.2) is 13.8 Å². The molecule has 4 aromatic rings. The predicted octanol–water partition coefficient (Wildman–Crippen LogP) is 4.86. The lowest BCUT2D eigenvalue weighted by Crippen LogP contribution is -2.30. The van der Waals surface area contributed by atoms with Crippen molar-refractivity contribution in [1.82, 2.24) is 19.1 Å². The van der Waals surface area contributed by atoms with Crippen molar-refractivity contribution >= 4 is 40.1 Å². The first-order chi connectivity index (χ1) is 18.8. The van der Waals surface area contributed by atoms with E-state index in [1.165, 1.54) is 27.4 Å². The summed E-state index contributed by atoms with van der Waals surface area (Å²) in [6.07, 6.45) is 0.318. The third-order valence-corrected chi connectivity index (χ3v) is 6.58. The molecule has 0 saturated carbocycles. The first kappa shape index (κ1) is 29.9. The van der Waals surface area contributed by atoms with Crippen molar-refractivity contribution in [2.45, 2.75) is 40.7 Å². The highest BCUT2D eigenvalue weighted by atomic mass is 32.2. The molecule has 0 fully saturated rings. The van der Waals surface area contributed by atoms with Gasteiger partial charge in [0.1, 0.15) is 11.5 Å². The van der Waals surface area contributed by atoms with E-state index in [0.29, 0.717) is 23.2 Å². The van der Waals surface area contributed by atoms with E-state index >= 15 is 0 Å². The number of nitrogens with zero attached hydrogens (tertiary/aromatic N) is 3. The second kappa shape index (κ2) is 13.4. The molecule has 2 heterocycles. The topological polar surface area (TPSA) is 113 Å². The Balaban J connectivity index is 0.00000205. The van der Waals surface area contributed by atoms with E-state index in [9.17, 15) is 19.1 Å². The lowest BCUT2D eigenvalue weighted by molar-refractivity contribution is 0.276. The van der Waals surface area contributed by atoms with Crippen molar-refractivity contribution in [3.05, 3.63) is 80.1 Å². The van der Waals surface area contributed by atoms with E-state index in [-0.39, 0.29) is 41.0 Å². The van der Waals surface area contributed by atoms with E-state index in [4.69, 9.17) is 0 Å². The van der Waals surface area contributed by atoms with Gasteiger partial charge in [-0.2, -0.15) is 5.10 Å². The Morgan fingerprint density at radius 3 is 2.49 bits per heavy atom. The lowest BCUT2D eigenvalue weighted by atomic mass is 10.0. The van der Waals surface area contributed by atoms with Crippen molar-refractivity contribution < 1.29 is 9.50 Å². The van der Waals surface area contributed by atoms with Crippen LogP contribution in [-0.2, 0) is 13.6 Å². The molecule has 0 amide bonds. The third-order valence-electron chi connectivity index (χ3n) is 6.04. The Hall–Kier alpha value is -3.67. The summed E-state index contributed by atoms with van der Waals surface area (Å²) in [4.78, 5) is 27.1. The van der Waals surface area contributed by atoms with Crippen molar-refractivity contribution in [2.75, 3.05) is 23.7 Å². The summed E-state index contributed by atoms with van der Waals surface area (Å²) in [5.41, 5.74) is 2.83. The number of halogens is 1. The van der Waals surface area contributed by atoms with Crippen molar-refractivity contribution in [3.63, 3.8) is 0 Å². The van der Waals surface area contributed by atoms with E-state index in [1.54, 1.807) is 40.1 Å². The fourth-order valence-electron chi connectivity index (χ4n) is 4.18. The summed E-state index contributed by atoms with van der Waals surface area (Å²) >= 11 is 1.29. The van der Waals surface area contributed by atoms with E-state index in [2.05, 4.69) is 19.9 Å². The number of aliphatic hydroxyl groups is 1. The molecule has 0 radical (unpaired) electrons. The monoisotopic (exact) mass is 554 g/mol. The zero-order chi connectivity index (χ0) is 28.7. The maximum absolute atomic E-state index is 14.8. The molecule has 0 unspecified atom stereocenters. The maximum atomic E-state index is 14.8. The van der Waals surface area contributed by atoms with Crippen molar-refractivity contribution in [1.29, 1.82) is 0 Å². The molecule has 0 saturated heterocycles. The van der Waals surface area contributed by atoms with Gasteiger partial charge >= 0.3 is 0 Å². The number of fused-ring (bicyclic) bond motifs is 1. The Morgan fingerprint density at radius 2 is 1.82 bits per heavy atom. The number of aryl methyl sites for hydroxylation is 3. The molecule has 0 atom stereocenters. The standard InChI is InChI=1S/C26H29FN6O3S.C2H6/c1-15-9-10-20(19(27)13-15)29-22-16(2)25(35)32(4)24-21(22)26(36)33(11-6-12-34)30-23(24)17-7-5-8-18(14-17)31-37-28-3;1-2/h5,7-10,13-14,28-29,31,34H,6,11-12H2,1-4H3;1-2H3. The highest BCUT2D eigenvalue weighted by molar-refractivity contribution is 7.98. The summed E-state index contributed by atoms with van der Waals surface area (Å²) in [5, 5.41) is 17.3. The van der Waals surface area contributed by atoms with Crippen LogP contribution >= 0.6 is 12.1 Å². The smallest absolute Gasteiger partial charge is 0.278 e. The van der Waals surface area contributed by atoms with Crippen LogP contribution in [0.4, 0.5) is 21.5 Å². The zero-order valence-electron chi connectivity index (χ0n) is 23.1. The van der Waals surface area contributed by atoms with Crippen LogP contribution in [0.3, 0.4) is 0 Å². The van der Waals surface area contributed by atoms with Gasteiger partial charge in [-0.3, -0.25) is 9.59 Å². The van der Waals surface area contributed by atoms with Gasteiger partial charge in [-0.15, -0.1) is 0 Å². The number of pyridine rings is 1. The maximum Gasteiger partial charge on any atom is 0.278 e. The minimum absolute atomic E-state index is 0.117. The first-order valence-corrected chi connectivity index (χ1v) is 13.6. The van der Waals surface area contributed by atoms with Crippen molar-refractivity contribution in [2.24, 2.45) is 7.05 Å². The Bertz CT molecular complexity index is 1580. The SMILES string of the molecule is CC.CNSNc1cccc(-c2nn(CCCO)c(=O)c3c(Nc4ccc(C)cc4F)c(C)c(=O)n(C)c23)c1. The van der Waals surface area contributed by atoms with E-state index < -0.39 is 11.4 Å². The summed E-state index contributed by atoms with van der Waals surface area (Å²) in [7, 11) is 3.38. The Kier molecular flexibility index (Phi) is 10.3. The molecule has 0 bridgehead atoms. The van der Waals surface area contributed by atoms with Gasteiger partial charge in [0.05, 0.1) is 22.3 Å². The number of hydrogen-bond acceptors (Lipinski definition) is 8. The molecular weight excluding hydrogens is 519 g/mol. The van der Waals surface area contributed by atoms with Gasteiger partial charge in [0.2, 0.25) is 0 Å². The van der Waals surface area contributed by atoms with Crippen LogP contribution in [-0.4, -0.2) is 33.1 Å². The van der Waals surface area contributed by atoms with Gasteiger partial charge < -0.3 is 19.7 Å². The molecule has 0 aliphatic rings. The van der Waals surface area contributed by atoms with Gasteiger partial charge in [0.25, 0.3) is 11.1 Å². The molecule has 208 valence electrons. The van der Waals surface area contributed by atoms with Crippen LogP contribution in [0.5, 0.6) is 0 Å². The number of aliphatic hydroxyl groups excluding tert-OH is 1. The summed E-state index contributed by atoms with van der Waals surface area (Å²) in [6, 6.07) is 12.1. The molecule has 4 N–H and O–H groups in total. The van der Waals surface area contributed by atoms with Gasteiger partial charge in [0.15, 0.2) is 0 Å². The lowest BCUT2D eigenvalue weighted by Gasteiger charge is -2.19. The molecule has 0 spiro atoms. The highest BCUT2D eigenvalue weighted by Crippen LogP contribution is 2.32. The minimum atomic E-state index is -0.496. The number of anilines is 3. The molecule has 9 nitrogen and oxygen atoms in total.